The molecule has 1 fully saturated rings. The highest BCUT2D eigenvalue weighted by molar-refractivity contribution is 5.30. The molecule has 0 saturated heterocycles. The minimum atomic E-state index is 0.201. The van der Waals surface area contributed by atoms with Crippen molar-refractivity contribution >= 4 is 0 Å². The Hall–Kier alpha value is -0.820. The molecule has 1 heterocycles. The van der Waals surface area contributed by atoms with E-state index in [2.05, 4.69) is 24.3 Å². The number of hydrogen-bond acceptors (Lipinski definition) is 1. The van der Waals surface area contributed by atoms with E-state index in [1.165, 1.54) is 36.8 Å². The van der Waals surface area contributed by atoms with Crippen LogP contribution >= 0.6 is 0 Å². The molecule has 1 spiro atoms. The van der Waals surface area contributed by atoms with Gasteiger partial charge in [0.15, 0.2) is 0 Å². The van der Waals surface area contributed by atoms with E-state index in [4.69, 9.17) is 4.74 Å². The van der Waals surface area contributed by atoms with Crippen LogP contribution in [0.1, 0.15) is 36.8 Å². The molecule has 15 heavy (non-hydrogen) atoms. The van der Waals surface area contributed by atoms with Crippen molar-refractivity contribution in [2.75, 3.05) is 6.61 Å². The largest absolute Gasteiger partial charge is 0.374 e. The van der Waals surface area contributed by atoms with Gasteiger partial charge in [-0.25, -0.2) is 0 Å². The maximum absolute atomic E-state index is 6.13. The highest BCUT2D eigenvalue weighted by Crippen LogP contribution is 2.38. The smallest absolute Gasteiger partial charge is 0.0723 e. The zero-order valence-electron chi connectivity index (χ0n) is 9.17. The van der Waals surface area contributed by atoms with E-state index in [0.717, 1.165) is 19.4 Å². The first-order valence-electron chi connectivity index (χ1n) is 6.09. The molecule has 1 aliphatic carbocycles. The first kappa shape index (κ1) is 9.41. The lowest BCUT2D eigenvalue weighted by Gasteiger charge is -2.27. The zero-order valence-corrected chi connectivity index (χ0v) is 9.17. The zero-order chi connectivity index (χ0) is 10.1. The molecule has 1 nitrogen and oxygen atoms in total. The molecular weight excluding hydrogens is 184 g/mol. The summed E-state index contributed by atoms with van der Waals surface area (Å²) in [6.07, 6.45) is 7.47. The fourth-order valence-corrected chi connectivity index (χ4v) is 3.09. The summed E-state index contributed by atoms with van der Waals surface area (Å²) < 4.78 is 6.13. The van der Waals surface area contributed by atoms with Gasteiger partial charge in [0.05, 0.1) is 12.2 Å². The molecule has 1 aliphatic heterocycles. The van der Waals surface area contributed by atoms with Crippen molar-refractivity contribution in [2.24, 2.45) is 0 Å². The van der Waals surface area contributed by atoms with E-state index in [1.807, 2.05) is 0 Å². The first-order chi connectivity index (χ1) is 7.38. The van der Waals surface area contributed by atoms with Crippen LogP contribution in [0.2, 0.25) is 0 Å². The summed E-state index contributed by atoms with van der Waals surface area (Å²) in [6.45, 7) is 0.914. The Morgan fingerprint density at radius 1 is 1.00 bits per heavy atom. The van der Waals surface area contributed by atoms with Crippen molar-refractivity contribution < 1.29 is 4.74 Å². The summed E-state index contributed by atoms with van der Waals surface area (Å²) in [5, 5.41) is 0. The highest BCUT2D eigenvalue weighted by Gasteiger charge is 2.36. The van der Waals surface area contributed by atoms with Crippen molar-refractivity contribution in [1.29, 1.82) is 0 Å². The van der Waals surface area contributed by atoms with Crippen LogP contribution in [-0.2, 0) is 17.6 Å². The van der Waals surface area contributed by atoms with Crippen LogP contribution in [0.25, 0.3) is 0 Å². The van der Waals surface area contributed by atoms with Crippen LogP contribution in [0.4, 0.5) is 0 Å². The second-order valence-electron chi connectivity index (χ2n) is 4.93. The molecule has 3 rings (SSSR count). The summed E-state index contributed by atoms with van der Waals surface area (Å²) >= 11 is 0. The molecule has 0 N–H and O–H groups in total. The fourth-order valence-electron chi connectivity index (χ4n) is 3.09. The van der Waals surface area contributed by atoms with Crippen molar-refractivity contribution in [1.82, 2.24) is 0 Å². The van der Waals surface area contributed by atoms with Crippen LogP contribution in [0.3, 0.4) is 0 Å². The van der Waals surface area contributed by atoms with Gasteiger partial charge in [0.25, 0.3) is 0 Å². The molecule has 0 radical (unpaired) electrons. The Balaban J connectivity index is 1.94. The van der Waals surface area contributed by atoms with Gasteiger partial charge in [-0.15, -0.1) is 0 Å². The first-order valence-corrected chi connectivity index (χ1v) is 6.09. The van der Waals surface area contributed by atoms with Crippen LogP contribution in [0, 0.1) is 0 Å². The second kappa shape index (κ2) is 3.64. The Kier molecular flexibility index (Phi) is 2.28. The molecule has 80 valence electrons. The van der Waals surface area contributed by atoms with Gasteiger partial charge in [0.2, 0.25) is 0 Å². The predicted molar refractivity (Wildman–Crippen MR) is 61.0 cm³/mol. The van der Waals surface area contributed by atoms with Gasteiger partial charge in [0.1, 0.15) is 0 Å². The molecule has 2 aliphatic rings. The standard InChI is InChI=1S/C14H18O/c1-2-6-13-11-14(8-3-4-9-14)15-10-7-12(13)5-1/h1-2,5-6H,3-4,7-11H2. The van der Waals surface area contributed by atoms with Crippen LogP contribution in [-0.4, -0.2) is 12.2 Å². The fraction of sp³-hybridized carbons (Fsp3) is 0.571. The number of fused-ring (bicyclic) bond motifs is 1. The van der Waals surface area contributed by atoms with Crippen LogP contribution in [0.15, 0.2) is 24.3 Å². The molecule has 0 atom stereocenters. The minimum Gasteiger partial charge on any atom is -0.374 e. The number of benzene rings is 1. The third-order valence-corrected chi connectivity index (χ3v) is 3.93. The molecule has 0 unspecified atom stereocenters. The van der Waals surface area contributed by atoms with Crippen molar-refractivity contribution in [3.8, 4) is 0 Å². The third kappa shape index (κ3) is 1.69. The second-order valence-corrected chi connectivity index (χ2v) is 4.93. The van der Waals surface area contributed by atoms with E-state index < -0.39 is 0 Å². The Bertz CT molecular complexity index is 350. The highest BCUT2D eigenvalue weighted by atomic mass is 16.5. The maximum Gasteiger partial charge on any atom is 0.0723 e. The Labute approximate surface area is 91.5 Å². The summed E-state index contributed by atoms with van der Waals surface area (Å²) in [6, 6.07) is 8.84. The molecular formula is C14H18O. The van der Waals surface area contributed by atoms with Gasteiger partial charge in [-0.05, 0) is 30.4 Å². The quantitative estimate of drug-likeness (QED) is 0.628. The molecule has 0 bridgehead atoms. The average molecular weight is 202 g/mol. The van der Waals surface area contributed by atoms with Gasteiger partial charge < -0.3 is 4.74 Å². The molecule has 1 saturated carbocycles. The summed E-state index contributed by atoms with van der Waals surface area (Å²) in [7, 11) is 0. The van der Waals surface area contributed by atoms with E-state index in [0.29, 0.717) is 0 Å². The molecule has 1 heteroatoms. The van der Waals surface area contributed by atoms with Crippen molar-refractivity contribution in [3.63, 3.8) is 0 Å². The summed E-state index contributed by atoms with van der Waals surface area (Å²) in [5.74, 6) is 0. The summed E-state index contributed by atoms with van der Waals surface area (Å²) in [5.41, 5.74) is 3.23. The number of ether oxygens (including phenoxy) is 1. The monoisotopic (exact) mass is 202 g/mol. The Morgan fingerprint density at radius 3 is 2.53 bits per heavy atom. The van der Waals surface area contributed by atoms with Crippen LogP contribution in [0.5, 0.6) is 0 Å². The lowest BCUT2D eigenvalue weighted by molar-refractivity contribution is -0.0342. The Morgan fingerprint density at radius 2 is 1.73 bits per heavy atom. The third-order valence-electron chi connectivity index (χ3n) is 3.93. The van der Waals surface area contributed by atoms with Gasteiger partial charge in [-0.3, -0.25) is 0 Å². The van der Waals surface area contributed by atoms with Gasteiger partial charge >= 0.3 is 0 Å². The van der Waals surface area contributed by atoms with Crippen molar-refractivity contribution in [2.45, 2.75) is 44.1 Å². The maximum atomic E-state index is 6.13. The number of hydrogen-bond donors (Lipinski definition) is 0. The van der Waals surface area contributed by atoms with Crippen molar-refractivity contribution in [3.05, 3.63) is 35.4 Å². The van der Waals surface area contributed by atoms with Gasteiger partial charge in [0, 0.05) is 6.42 Å². The van der Waals surface area contributed by atoms with Crippen LogP contribution < -0.4 is 0 Å². The SMILES string of the molecule is c1ccc2c(c1)CCOC1(CCCC1)C2. The van der Waals surface area contributed by atoms with E-state index in [-0.39, 0.29) is 5.60 Å². The predicted octanol–water partition coefficient (Wildman–Crippen LogP) is 3.11. The molecule has 1 aromatic carbocycles. The normalized spacial score (nSPS) is 23.7. The van der Waals surface area contributed by atoms with E-state index in [9.17, 15) is 0 Å². The molecule has 1 aromatic rings. The van der Waals surface area contributed by atoms with Gasteiger partial charge in [-0.1, -0.05) is 37.1 Å². The van der Waals surface area contributed by atoms with E-state index >= 15 is 0 Å². The summed E-state index contributed by atoms with van der Waals surface area (Å²) in [4.78, 5) is 0. The number of rotatable bonds is 0. The lowest BCUT2D eigenvalue weighted by Crippen LogP contribution is -2.30. The van der Waals surface area contributed by atoms with Gasteiger partial charge in [-0.2, -0.15) is 0 Å². The van der Waals surface area contributed by atoms with E-state index in [1.54, 1.807) is 0 Å². The minimum absolute atomic E-state index is 0.201. The lowest BCUT2D eigenvalue weighted by atomic mass is 9.91. The topological polar surface area (TPSA) is 9.23 Å². The average Bonchev–Trinajstić information content (AvgIpc) is 2.61. The molecule has 0 aromatic heterocycles. The molecule has 0 amide bonds.